The molecule has 162 valence electrons. The third-order valence-corrected chi connectivity index (χ3v) is 6.01. The van der Waals surface area contributed by atoms with Crippen molar-refractivity contribution < 1.29 is 9.84 Å². The molecule has 1 fully saturated rings. The van der Waals surface area contributed by atoms with Crippen molar-refractivity contribution in [2.75, 3.05) is 45.9 Å². The Kier molecular flexibility index (Phi) is 7.86. The largest absolute Gasteiger partial charge is 0.386 e. The van der Waals surface area contributed by atoms with Gasteiger partial charge in [-0.3, -0.25) is 9.80 Å². The first-order valence-electron chi connectivity index (χ1n) is 11.2. The van der Waals surface area contributed by atoms with Crippen LogP contribution in [0.4, 0.5) is 0 Å². The maximum Gasteiger partial charge on any atom is 0.102 e. The molecule has 1 saturated heterocycles. The van der Waals surface area contributed by atoms with Gasteiger partial charge in [0.05, 0.1) is 19.3 Å². The van der Waals surface area contributed by atoms with Gasteiger partial charge >= 0.3 is 0 Å². The second kappa shape index (κ2) is 11.2. The van der Waals surface area contributed by atoms with Gasteiger partial charge in [0.15, 0.2) is 0 Å². The fourth-order valence-corrected chi connectivity index (χ4v) is 4.29. The number of rotatable bonds is 9. The van der Waals surface area contributed by atoms with E-state index in [2.05, 4.69) is 70.5 Å². The topological polar surface area (TPSA) is 35.9 Å². The first-order valence-corrected chi connectivity index (χ1v) is 11.2. The third kappa shape index (κ3) is 6.02. The van der Waals surface area contributed by atoms with Crippen LogP contribution in [0.2, 0.25) is 0 Å². The fraction of sp³-hybridized carbons (Fsp3) is 0.333. The van der Waals surface area contributed by atoms with E-state index in [0.29, 0.717) is 19.3 Å². The fourth-order valence-electron chi connectivity index (χ4n) is 4.29. The third-order valence-electron chi connectivity index (χ3n) is 6.01. The Balaban J connectivity index is 1.26. The predicted octanol–water partition coefficient (Wildman–Crippen LogP) is 4.14. The number of aliphatic hydroxyl groups is 1. The number of benzene rings is 3. The van der Waals surface area contributed by atoms with Crippen molar-refractivity contribution in [2.24, 2.45) is 0 Å². The number of hydrogen-bond acceptors (Lipinski definition) is 4. The minimum Gasteiger partial charge on any atom is -0.386 e. The summed E-state index contributed by atoms with van der Waals surface area (Å²) in [5, 5.41) is 10.2. The van der Waals surface area contributed by atoms with Crippen molar-refractivity contribution in [3.05, 3.63) is 108 Å². The van der Waals surface area contributed by atoms with Gasteiger partial charge in [-0.2, -0.15) is 0 Å². The van der Waals surface area contributed by atoms with Gasteiger partial charge in [-0.15, -0.1) is 0 Å². The first kappa shape index (κ1) is 21.7. The Hall–Kier alpha value is -2.50. The smallest absolute Gasteiger partial charge is 0.102 e. The average Bonchev–Trinajstić information content (AvgIpc) is 2.85. The van der Waals surface area contributed by atoms with Crippen LogP contribution < -0.4 is 0 Å². The molecule has 1 atom stereocenters. The van der Waals surface area contributed by atoms with Gasteiger partial charge in [-0.25, -0.2) is 0 Å². The molecule has 1 aliphatic rings. The second-order valence-corrected chi connectivity index (χ2v) is 8.10. The summed E-state index contributed by atoms with van der Waals surface area (Å²) in [7, 11) is 0. The average molecular weight is 417 g/mol. The molecule has 0 amide bonds. The Morgan fingerprint density at radius 3 is 1.68 bits per heavy atom. The molecule has 4 heteroatoms. The maximum atomic E-state index is 10.2. The van der Waals surface area contributed by atoms with Crippen molar-refractivity contribution in [1.82, 2.24) is 9.80 Å². The maximum absolute atomic E-state index is 10.2. The van der Waals surface area contributed by atoms with Crippen LogP contribution >= 0.6 is 0 Å². The highest BCUT2D eigenvalue weighted by Gasteiger charge is 2.26. The number of ether oxygens (including phenoxy) is 1. The highest BCUT2D eigenvalue weighted by molar-refractivity contribution is 5.32. The van der Waals surface area contributed by atoms with Crippen molar-refractivity contribution in [3.8, 4) is 0 Å². The summed E-state index contributed by atoms with van der Waals surface area (Å²) in [6.45, 7) is 6.00. The van der Waals surface area contributed by atoms with Crippen LogP contribution in [0.15, 0.2) is 91.0 Å². The molecule has 1 unspecified atom stereocenters. The highest BCUT2D eigenvalue weighted by Crippen LogP contribution is 2.29. The molecule has 0 saturated carbocycles. The lowest BCUT2D eigenvalue weighted by Crippen LogP contribution is -2.48. The zero-order valence-corrected chi connectivity index (χ0v) is 18.0. The van der Waals surface area contributed by atoms with Gasteiger partial charge in [-0.1, -0.05) is 91.0 Å². The lowest BCUT2D eigenvalue weighted by Gasteiger charge is -2.39. The highest BCUT2D eigenvalue weighted by atomic mass is 16.5. The van der Waals surface area contributed by atoms with Gasteiger partial charge in [-0.05, 0) is 16.7 Å². The summed E-state index contributed by atoms with van der Waals surface area (Å²) in [4.78, 5) is 5.04. The van der Waals surface area contributed by atoms with E-state index >= 15 is 0 Å². The van der Waals surface area contributed by atoms with Crippen molar-refractivity contribution in [2.45, 2.75) is 12.1 Å². The van der Waals surface area contributed by atoms with E-state index in [1.807, 2.05) is 30.3 Å². The number of piperazine rings is 1. The lowest BCUT2D eigenvalue weighted by molar-refractivity contribution is 0.0182. The van der Waals surface area contributed by atoms with E-state index < -0.39 is 6.10 Å². The summed E-state index contributed by atoms with van der Waals surface area (Å²) >= 11 is 0. The molecule has 1 heterocycles. The lowest BCUT2D eigenvalue weighted by atomic mass is 9.96. The minimum absolute atomic E-state index is 0.293. The van der Waals surface area contributed by atoms with Crippen LogP contribution in [0, 0.1) is 0 Å². The Morgan fingerprint density at radius 2 is 1.16 bits per heavy atom. The van der Waals surface area contributed by atoms with Gasteiger partial charge in [0.1, 0.15) is 6.10 Å². The molecule has 0 spiro atoms. The molecular weight excluding hydrogens is 384 g/mol. The van der Waals surface area contributed by atoms with E-state index in [1.54, 1.807) is 0 Å². The normalized spacial score (nSPS) is 16.5. The Morgan fingerprint density at radius 1 is 0.677 bits per heavy atom. The van der Waals surface area contributed by atoms with Crippen molar-refractivity contribution >= 4 is 0 Å². The molecule has 1 N–H and O–H groups in total. The molecule has 1 aliphatic heterocycles. The molecule has 0 aromatic heterocycles. The van der Waals surface area contributed by atoms with E-state index in [1.165, 1.54) is 11.1 Å². The molecule has 3 aromatic rings. The Bertz CT molecular complexity index is 841. The van der Waals surface area contributed by atoms with E-state index in [9.17, 15) is 5.11 Å². The molecule has 4 rings (SSSR count). The van der Waals surface area contributed by atoms with Crippen LogP contribution in [0.1, 0.15) is 28.8 Å². The van der Waals surface area contributed by atoms with E-state index in [0.717, 1.165) is 38.3 Å². The summed E-state index contributed by atoms with van der Waals surface area (Å²) in [5.74, 6) is 0. The van der Waals surface area contributed by atoms with Gasteiger partial charge in [0, 0.05) is 32.7 Å². The van der Waals surface area contributed by atoms with Crippen LogP contribution in [0.5, 0.6) is 0 Å². The summed E-state index contributed by atoms with van der Waals surface area (Å²) in [5.41, 5.74) is 3.60. The summed E-state index contributed by atoms with van der Waals surface area (Å²) in [6.07, 6.45) is -0.560. The quantitative estimate of drug-likeness (QED) is 0.532. The number of aliphatic hydroxyl groups excluding tert-OH is 1. The predicted molar refractivity (Wildman–Crippen MR) is 125 cm³/mol. The molecule has 0 aliphatic carbocycles. The van der Waals surface area contributed by atoms with Crippen molar-refractivity contribution in [1.29, 1.82) is 0 Å². The molecular formula is C27H32N2O2. The minimum atomic E-state index is -0.560. The standard InChI is InChI=1S/C27H32N2O2/c30-26(23-10-4-1-5-11-23)22-31-21-20-28-16-18-29(19-17-28)27(24-12-6-2-7-13-24)25-14-8-3-9-15-25/h1-15,26-27,30H,16-22H2. The zero-order valence-electron chi connectivity index (χ0n) is 18.0. The molecule has 31 heavy (non-hydrogen) atoms. The van der Waals surface area contributed by atoms with Crippen LogP contribution in [-0.4, -0.2) is 60.8 Å². The number of nitrogens with zero attached hydrogens (tertiary/aromatic N) is 2. The molecule has 0 radical (unpaired) electrons. The zero-order chi connectivity index (χ0) is 21.3. The van der Waals surface area contributed by atoms with E-state index in [4.69, 9.17) is 4.74 Å². The number of hydrogen-bond donors (Lipinski definition) is 1. The summed E-state index contributed by atoms with van der Waals surface area (Å²) < 4.78 is 5.76. The molecule has 3 aromatic carbocycles. The molecule has 0 bridgehead atoms. The van der Waals surface area contributed by atoms with Crippen LogP contribution in [-0.2, 0) is 4.74 Å². The van der Waals surface area contributed by atoms with Crippen LogP contribution in [0.3, 0.4) is 0 Å². The Labute approximate surface area is 185 Å². The van der Waals surface area contributed by atoms with Gasteiger partial charge < -0.3 is 9.84 Å². The monoisotopic (exact) mass is 416 g/mol. The second-order valence-electron chi connectivity index (χ2n) is 8.10. The summed E-state index contributed by atoms with van der Waals surface area (Å²) in [6, 6.07) is 31.6. The van der Waals surface area contributed by atoms with Crippen LogP contribution in [0.25, 0.3) is 0 Å². The van der Waals surface area contributed by atoms with E-state index in [-0.39, 0.29) is 0 Å². The SMILES string of the molecule is OC(COCCN1CCN(C(c2ccccc2)c2ccccc2)CC1)c1ccccc1. The van der Waals surface area contributed by atoms with Gasteiger partial charge in [0.2, 0.25) is 0 Å². The molecule has 4 nitrogen and oxygen atoms in total. The van der Waals surface area contributed by atoms with Gasteiger partial charge in [0.25, 0.3) is 0 Å². The van der Waals surface area contributed by atoms with Crippen molar-refractivity contribution in [3.63, 3.8) is 0 Å². The first-order chi connectivity index (χ1) is 15.3.